The van der Waals surface area contributed by atoms with Crippen molar-refractivity contribution in [1.82, 2.24) is 10.6 Å². The molecule has 1 atom stereocenters. The van der Waals surface area contributed by atoms with E-state index in [9.17, 15) is 14.4 Å². The molecular weight excluding hydrogens is 320 g/mol. The van der Waals surface area contributed by atoms with Gasteiger partial charge in [0.05, 0.1) is 5.41 Å². The molecule has 0 bridgehead atoms. The number of esters is 1. The summed E-state index contributed by atoms with van der Waals surface area (Å²) in [6.45, 7) is 4.93. The second-order valence-corrected chi connectivity index (χ2v) is 6.98. The van der Waals surface area contributed by atoms with Gasteiger partial charge in [0.2, 0.25) is 0 Å². The monoisotopic (exact) mass is 346 g/mol. The normalized spacial score (nSPS) is 16.1. The van der Waals surface area contributed by atoms with E-state index in [0.717, 1.165) is 31.2 Å². The van der Waals surface area contributed by atoms with Crippen LogP contribution in [0.1, 0.15) is 52.0 Å². The Labute approximate surface area is 148 Å². The fourth-order valence-electron chi connectivity index (χ4n) is 2.84. The summed E-state index contributed by atoms with van der Waals surface area (Å²) in [4.78, 5) is 36.4. The third-order valence-electron chi connectivity index (χ3n) is 4.59. The standard InChI is InChI=1S/C19H26N2O4/c1-13(16(22)21-18(24)20-15-11-7-8-12-15)25-17(23)19(2,3)14-9-5-4-6-10-14/h4-6,9-10,13,15H,7-8,11-12H2,1-3H3,(H2,20,21,22,24)/t13-/m1/s1. The largest absolute Gasteiger partial charge is 0.452 e. The maximum Gasteiger partial charge on any atom is 0.321 e. The van der Waals surface area contributed by atoms with Crippen LogP contribution in [0.15, 0.2) is 30.3 Å². The van der Waals surface area contributed by atoms with E-state index in [-0.39, 0.29) is 6.04 Å². The molecule has 6 nitrogen and oxygen atoms in total. The highest BCUT2D eigenvalue weighted by atomic mass is 16.5. The summed E-state index contributed by atoms with van der Waals surface area (Å²) >= 11 is 0. The first-order chi connectivity index (χ1) is 11.8. The van der Waals surface area contributed by atoms with Crippen LogP contribution < -0.4 is 10.6 Å². The smallest absolute Gasteiger partial charge is 0.321 e. The summed E-state index contributed by atoms with van der Waals surface area (Å²) in [5.41, 5.74) is -0.0892. The molecule has 0 saturated heterocycles. The molecule has 2 N–H and O–H groups in total. The van der Waals surface area contributed by atoms with Crippen LogP contribution in [0.5, 0.6) is 0 Å². The minimum atomic E-state index is -1.05. The van der Waals surface area contributed by atoms with Gasteiger partial charge in [-0.2, -0.15) is 0 Å². The van der Waals surface area contributed by atoms with Crippen molar-refractivity contribution in [2.75, 3.05) is 0 Å². The van der Waals surface area contributed by atoms with Gasteiger partial charge in [0, 0.05) is 6.04 Å². The van der Waals surface area contributed by atoms with Gasteiger partial charge < -0.3 is 10.1 Å². The molecule has 6 heteroatoms. The van der Waals surface area contributed by atoms with Crippen molar-refractivity contribution in [2.24, 2.45) is 0 Å². The molecule has 0 unspecified atom stereocenters. The second kappa shape index (κ2) is 8.14. The van der Waals surface area contributed by atoms with E-state index in [1.54, 1.807) is 13.8 Å². The van der Waals surface area contributed by atoms with Crippen LogP contribution in [0.4, 0.5) is 4.79 Å². The average Bonchev–Trinajstić information content (AvgIpc) is 3.08. The Hall–Kier alpha value is -2.37. The first-order valence-corrected chi connectivity index (χ1v) is 8.68. The Bertz CT molecular complexity index is 622. The van der Waals surface area contributed by atoms with Crippen LogP contribution in [0.3, 0.4) is 0 Å². The van der Waals surface area contributed by atoms with Gasteiger partial charge in [-0.3, -0.25) is 14.9 Å². The zero-order valence-electron chi connectivity index (χ0n) is 15.0. The Morgan fingerprint density at radius 2 is 1.72 bits per heavy atom. The zero-order chi connectivity index (χ0) is 18.4. The van der Waals surface area contributed by atoms with Crippen LogP contribution in [0.2, 0.25) is 0 Å². The van der Waals surface area contributed by atoms with Crippen molar-refractivity contribution in [1.29, 1.82) is 0 Å². The molecule has 1 aromatic rings. The number of ether oxygens (including phenoxy) is 1. The molecule has 0 heterocycles. The Balaban J connectivity index is 1.87. The number of carbonyl (C=O) groups excluding carboxylic acids is 3. The third kappa shape index (κ3) is 5.05. The Morgan fingerprint density at radius 3 is 2.32 bits per heavy atom. The minimum absolute atomic E-state index is 0.114. The van der Waals surface area contributed by atoms with Gasteiger partial charge in [0.25, 0.3) is 5.91 Å². The van der Waals surface area contributed by atoms with Gasteiger partial charge in [0.1, 0.15) is 0 Å². The lowest BCUT2D eigenvalue weighted by Crippen LogP contribution is -2.48. The van der Waals surface area contributed by atoms with Gasteiger partial charge in [-0.05, 0) is 39.2 Å². The number of imide groups is 1. The van der Waals surface area contributed by atoms with Crippen molar-refractivity contribution in [3.8, 4) is 0 Å². The molecule has 136 valence electrons. The lowest BCUT2D eigenvalue weighted by Gasteiger charge is -2.25. The SMILES string of the molecule is C[C@@H](OC(=O)C(C)(C)c1ccccc1)C(=O)NC(=O)NC1CCCC1. The summed E-state index contributed by atoms with van der Waals surface area (Å²) in [5.74, 6) is -1.15. The fraction of sp³-hybridized carbons (Fsp3) is 0.526. The lowest BCUT2D eigenvalue weighted by atomic mass is 9.85. The summed E-state index contributed by atoms with van der Waals surface area (Å²) in [6.07, 6.45) is 2.97. The van der Waals surface area contributed by atoms with Crippen molar-refractivity contribution < 1.29 is 19.1 Å². The molecule has 0 spiro atoms. The van der Waals surface area contributed by atoms with Crippen molar-refractivity contribution in [2.45, 2.75) is 64.0 Å². The van der Waals surface area contributed by atoms with Crippen LogP contribution >= 0.6 is 0 Å². The summed E-state index contributed by atoms with van der Waals surface area (Å²) in [7, 11) is 0. The molecule has 0 radical (unpaired) electrons. The van der Waals surface area contributed by atoms with Crippen LogP contribution in [-0.4, -0.2) is 30.1 Å². The highest BCUT2D eigenvalue weighted by molar-refractivity contribution is 5.97. The van der Waals surface area contributed by atoms with E-state index in [1.807, 2.05) is 30.3 Å². The van der Waals surface area contributed by atoms with E-state index >= 15 is 0 Å². The van der Waals surface area contributed by atoms with E-state index in [2.05, 4.69) is 10.6 Å². The van der Waals surface area contributed by atoms with E-state index in [1.165, 1.54) is 6.92 Å². The Morgan fingerprint density at radius 1 is 1.12 bits per heavy atom. The molecule has 3 amide bonds. The summed E-state index contributed by atoms with van der Waals surface area (Å²) in [5, 5.41) is 5.00. The van der Waals surface area contributed by atoms with E-state index in [0.29, 0.717) is 0 Å². The first kappa shape index (κ1) is 19.0. The van der Waals surface area contributed by atoms with E-state index < -0.39 is 29.4 Å². The number of benzene rings is 1. The molecule has 1 aliphatic rings. The zero-order valence-corrected chi connectivity index (χ0v) is 15.0. The van der Waals surface area contributed by atoms with Crippen LogP contribution in [0.25, 0.3) is 0 Å². The molecule has 1 aliphatic carbocycles. The highest BCUT2D eigenvalue weighted by Gasteiger charge is 2.34. The van der Waals surface area contributed by atoms with Crippen molar-refractivity contribution >= 4 is 17.9 Å². The van der Waals surface area contributed by atoms with Gasteiger partial charge in [-0.25, -0.2) is 4.79 Å². The average molecular weight is 346 g/mol. The fourth-order valence-corrected chi connectivity index (χ4v) is 2.84. The molecule has 1 fully saturated rings. The van der Waals surface area contributed by atoms with Crippen LogP contribution in [0, 0.1) is 0 Å². The van der Waals surface area contributed by atoms with Gasteiger partial charge >= 0.3 is 12.0 Å². The quantitative estimate of drug-likeness (QED) is 0.803. The molecule has 0 aliphatic heterocycles. The van der Waals surface area contributed by atoms with Gasteiger partial charge in [0.15, 0.2) is 6.10 Å². The van der Waals surface area contributed by atoms with E-state index in [4.69, 9.17) is 4.74 Å². The summed E-state index contributed by atoms with van der Waals surface area (Å²) < 4.78 is 5.27. The molecule has 2 rings (SSSR count). The number of nitrogens with one attached hydrogen (secondary N) is 2. The van der Waals surface area contributed by atoms with Gasteiger partial charge in [-0.1, -0.05) is 43.2 Å². The molecule has 0 aromatic heterocycles. The van der Waals surface area contributed by atoms with Crippen LogP contribution in [-0.2, 0) is 19.7 Å². The molecule has 25 heavy (non-hydrogen) atoms. The maximum atomic E-state index is 12.4. The summed E-state index contributed by atoms with van der Waals surface area (Å²) in [6, 6.07) is 8.79. The predicted molar refractivity (Wildman–Crippen MR) is 94.0 cm³/mol. The second-order valence-electron chi connectivity index (χ2n) is 6.98. The number of hydrogen-bond donors (Lipinski definition) is 2. The number of rotatable bonds is 5. The first-order valence-electron chi connectivity index (χ1n) is 8.68. The molecular formula is C19H26N2O4. The highest BCUT2D eigenvalue weighted by Crippen LogP contribution is 2.25. The van der Waals surface area contributed by atoms with Crippen molar-refractivity contribution in [3.63, 3.8) is 0 Å². The number of hydrogen-bond acceptors (Lipinski definition) is 4. The third-order valence-corrected chi connectivity index (χ3v) is 4.59. The predicted octanol–water partition coefficient (Wildman–Crippen LogP) is 2.66. The lowest BCUT2D eigenvalue weighted by molar-refractivity contribution is -0.159. The molecule has 1 aromatic carbocycles. The molecule has 1 saturated carbocycles. The number of amides is 3. The Kier molecular flexibility index (Phi) is 6.17. The van der Waals surface area contributed by atoms with Gasteiger partial charge in [-0.15, -0.1) is 0 Å². The topological polar surface area (TPSA) is 84.5 Å². The minimum Gasteiger partial charge on any atom is -0.452 e. The van der Waals surface area contributed by atoms with Crippen molar-refractivity contribution in [3.05, 3.63) is 35.9 Å². The maximum absolute atomic E-state index is 12.4. The number of urea groups is 1. The number of carbonyl (C=O) groups is 3.